The lowest BCUT2D eigenvalue weighted by molar-refractivity contribution is -0.140. The predicted octanol–water partition coefficient (Wildman–Crippen LogP) is 6.08. The number of amides is 2. The van der Waals surface area contributed by atoms with E-state index in [4.69, 9.17) is 23.2 Å². The molecule has 40 heavy (non-hydrogen) atoms. The number of hydrogen-bond acceptors (Lipinski definition) is 4. The molecule has 0 spiro atoms. The number of sulfonamides is 1. The van der Waals surface area contributed by atoms with Gasteiger partial charge in [0.25, 0.3) is 10.0 Å². The van der Waals surface area contributed by atoms with Crippen molar-refractivity contribution in [2.75, 3.05) is 17.4 Å². The van der Waals surface area contributed by atoms with Crippen molar-refractivity contribution in [2.45, 2.75) is 51.6 Å². The zero-order valence-corrected chi connectivity index (χ0v) is 25.4. The van der Waals surface area contributed by atoms with Gasteiger partial charge in [-0.1, -0.05) is 92.0 Å². The van der Waals surface area contributed by atoms with Crippen LogP contribution >= 0.6 is 23.2 Å². The molecule has 7 nitrogen and oxygen atoms in total. The first kappa shape index (κ1) is 31.5. The maximum Gasteiger partial charge on any atom is 0.264 e. The van der Waals surface area contributed by atoms with Crippen molar-refractivity contribution in [1.82, 2.24) is 10.2 Å². The maximum absolute atomic E-state index is 14.1. The van der Waals surface area contributed by atoms with E-state index in [1.807, 2.05) is 52.0 Å². The van der Waals surface area contributed by atoms with E-state index in [1.54, 1.807) is 18.2 Å². The summed E-state index contributed by atoms with van der Waals surface area (Å²) in [6.45, 7) is 7.75. The van der Waals surface area contributed by atoms with Gasteiger partial charge in [-0.25, -0.2) is 8.42 Å². The molecular weight excluding hydrogens is 569 g/mol. The zero-order valence-electron chi connectivity index (χ0n) is 23.1. The van der Waals surface area contributed by atoms with Crippen molar-refractivity contribution in [1.29, 1.82) is 0 Å². The van der Waals surface area contributed by atoms with Gasteiger partial charge < -0.3 is 10.2 Å². The molecule has 214 valence electrons. The summed E-state index contributed by atoms with van der Waals surface area (Å²) >= 11 is 12.5. The minimum Gasteiger partial charge on any atom is -0.354 e. The molecule has 0 bridgehead atoms. The number of halogens is 2. The van der Waals surface area contributed by atoms with E-state index in [2.05, 4.69) is 5.32 Å². The zero-order chi connectivity index (χ0) is 29.4. The van der Waals surface area contributed by atoms with Gasteiger partial charge in [0.1, 0.15) is 12.6 Å². The Labute approximate surface area is 247 Å². The fraction of sp³-hybridized carbons (Fsp3) is 0.333. The van der Waals surface area contributed by atoms with Gasteiger partial charge in [0.2, 0.25) is 11.8 Å². The molecule has 3 aromatic rings. The quantitative estimate of drug-likeness (QED) is 0.272. The average molecular weight is 605 g/mol. The van der Waals surface area contributed by atoms with Crippen molar-refractivity contribution < 1.29 is 18.0 Å². The summed E-state index contributed by atoms with van der Waals surface area (Å²) in [7, 11) is -4.21. The average Bonchev–Trinajstić information content (AvgIpc) is 2.91. The smallest absolute Gasteiger partial charge is 0.264 e. The third-order valence-corrected chi connectivity index (χ3v) is 8.61. The fourth-order valence-corrected chi connectivity index (χ4v) is 6.28. The summed E-state index contributed by atoms with van der Waals surface area (Å²) in [6, 6.07) is 19.1. The van der Waals surface area contributed by atoms with Crippen molar-refractivity contribution in [3.8, 4) is 0 Å². The van der Waals surface area contributed by atoms with Crippen LogP contribution in [0.3, 0.4) is 0 Å². The summed E-state index contributed by atoms with van der Waals surface area (Å²) in [6.07, 6.45) is 0.342. The lowest BCUT2D eigenvalue weighted by atomic mass is 10.1. The highest BCUT2D eigenvalue weighted by molar-refractivity contribution is 7.92. The van der Waals surface area contributed by atoms with Gasteiger partial charge >= 0.3 is 0 Å². The van der Waals surface area contributed by atoms with Gasteiger partial charge in [-0.15, -0.1) is 0 Å². The van der Waals surface area contributed by atoms with E-state index < -0.39 is 28.5 Å². The van der Waals surface area contributed by atoms with Gasteiger partial charge in [0.15, 0.2) is 0 Å². The SMILES string of the molecule is CCC(C(=O)NCC(C)C)N(Cc1cccc(C)c1)C(=O)CN(c1ccc(Cl)cc1Cl)S(=O)(=O)c1ccccc1. The lowest BCUT2D eigenvalue weighted by Crippen LogP contribution is -2.52. The molecule has 10 heteroatoms. The van der Waals surface area contributed by atoms with Crippen LogP contribution in [0, 0.1) is 12.8 Å². The molecule has 0 saturated carbocycles. The summed E-state index contributed by atoms with van der Waals surface area (Å²) in [5, 5.41) is 3.32. The van der Waals surface area contributed by atoms with Crippen LogP contribution < -0.4 is 9.62 Å². The molecule has 2 amide bonds. The Morgan fingerprint density at radius 3 is 2.25 bits per heavy atom. The molecule has 0 heterocycles. The summed E-state index contributed by atoms with van der Waals surface area (Å²) in [4.78, 5) is 28.8. The van der Waals surface area contributed by atoms with Gasteiger partial charge in [0.05, 0.1) is 15.6 Å². The Hall–Kier alpha value is -3.07. The van der Waals surface area contributed by atoms with Crippen molar-refractivity contribution in [2.24, 2.45) is 5.92 Å². The Bertz CT molecular complexity index is 1430. The number of anilines is 1. The monoisotopic (exact) mass is 603 g/mol. The second-order valence-electron chi connectivity index (χ2n) is 9.99. The van der Waals surface area contributed by atoms with Crippen LogP contribution in [0.2, 0.25) is 10.0 Å². The molecule has 1 unspecified atom stereocenters. The van der Waals surface area contributed by atoms with Gasteiger partial charge in [-0.3, -0.25) is 13.9 Å². The van der Waals surface area contributed by atoms with E-state index in [0.29, 0.717) is 18.0 Å². The molecule has 0 radical (unpaired) electrons. The van der Waals surface area contributed by atoms with Crippen LogP contribution in [0.15, 0.2) is 77.7 Å². The molecule has 3 aromatic carbocycles. The number of nitrogens with one attached hydrogen (secondary N) is 1. The third kappa shape index (κ3) is 7.99. The summed E-state index contributed by atoms with van der Waals surface area (Å²) in [5.74, 6) is -0.612. The number of aryl methyl sites for hydroxylation is 1. The Kier molecular flexibility index (Phi) is 11.0. The minimum absolute atomic E-state index is 0.000712. The fourth-order valence-electron chi connectivity index (χ4n) is 4.27. The first-order chi connectivity index (χ1) is 18.9. The molecule has 0 aliphatic carbocycles. The van der Waals surface area contributed by atoms with Crippen LogP contribution in [-0.4, -0.2) is 44.3 Å². The number of carbonyl (C=O) groups excluding carboxylic acids is 2. The largest absolute Gasteiger partial charge is 0.354 e. The van der Waals surface area contributed by atoms with E-state index in [-0.39, 0.29) is 34.0 Å². The predicted molar refractivity (Wildman–Crippen MR) is 161 cm³/mol. The molecule has 3 rings (SSSR count). The highest BCUT2D eigenvalue weighted by Crippen LogP contribution is 2.33. The molecule has 1 atom stereocenters. The van der Waals surface area contributed by atoms with Crippen LogP contribution in [0.5, 0.6) is 0 Å². The second kappa shape index (κ2) is 14.0. The second-order valence-corrected chi connectivity index (χ2v) is 12.7. The van der Waals surface area contributed by atoms with Crippen molar-refractivity contribution in [3.63, 3.8) is 0 Å². The summed E-state index contributed by atoms with van der Waals surface area (Å²) < 4.78 is 28.7. The molecule has 0 saturated heterocycles. The highest BCUT2D eigenvalue weighted by atomic mass is 35.5. The molecule has 0 fully saturated rings. The molecule has 0 aliphatic rings. The van der Waals surface area contributed by atoms with E-state index in [1.165, 1.54) is 35.2 Å². The van der Waals surface area contributed by atoms with E-state index >= 15 is 0 Å². The minimum atomic E-state index is -4.21. The van der Waals surface area contributed by atoms with E-state index in [0.717, 1.165) is 15.4 Å². The standard InChI is InChI=1S/C30H35Cl2N3O4S/c1-5-27(30(37)33-18-21(2)3)34(19-23-11-9-10-22(4)16-23)29(36)20-35(28-15-14-24(31)17-26(28)32)40(38,39)25-12-7-6-8-13-25/h6-17,21,27H,5,18-20H2,1-4H3,(H,33,37). The summed E-state index contributed by atoms with van der Waals surface area (Å²) in [5.41, 5.74) is 1.94. The third-order valence-electron chi connectivity index (χ3n) is 6.29. The Morgan fingerprint density at radius 2 is 1.65 bits per heavy atom. The number of carbonyl (C=O) groups is 2. The molecule has 1 N–H and O–H groups in total. The van der Waals surface area contributed by atoms with E-state index in [9.17, 15) is 18.0 Å². The van der Waals surface area contributed by atoms with Crippen LogP contribution in [0.4, 0.5) is 5.69 Å². The van der Waals surface area contributed by atoms with Crippen LogP contribution in [0.1, 0.15) is 38.3 Å². The molecular formula is C30H35Cl2N3O4S. The Balaban J connectivity index is 2.07. The van der Waals surface area contributed by atoms with Crippen LogP contribution in [-0.2, 0) is 26.2 Å². The van der Waals surface area contributed by atoms with Crippen molar-refractivity contribution >= 4 is 50.7 Å². The van der Waals surface area contributed by atoms with Crippen molar-refractivity contribution in [3.05, 3.63) is 94.0 Å². The van der Waals surface area contributed by atoms with Crippen LogP contribution in [0.25, 0.3) is 0 Å². The lowest BCUT2D eigenvalue weighted by Gasteiger charge is -2.33. The van der Waals surface area contributed by atoms with Gasteiger partial charge in [-0.05, 0) is 55.2 Å². The first-order valence-corrected chi connectivity index (χ1v) is 15.3. The highest BCUT2D eigenvalue weighted by Gasteiger charge is 2.34. The van der Waals surface area contributed by atoms with Gasteiger partial charge in [-0.2, -0.15) is 0 Å². The molecule has 0 aliphatic heterocycles. The first-order valence-electron chi connectivity index (χ1n) is 13.1. The topological polar surface area (TPSA) is 86.8 Å². The Morgan fingerprint density at radius 1 is 0.950 bits per heavy atom. The number of nitrogens with zero attached hydrogens (tertiary/aromatic N) is 2. The molecule has 0 aromatic heterocycles. The normalized spacial score (nSPS) is 12.2. The van der Waals surface area contributed by atoms with Gasteiger partial charge in [0, 0.05) is 18.1 Å². The number of benzene rings is 3. The number of rotatable bonds is 12. The maximum atomic E-state index is 14.1. The number of hydrogen-bond donors (Lipinski definition) is 1.